The lowest BCUT2D eigenvalue weighted by molar-refractivity contribution is -0.148. The first-order chi connectivity index (χ1) is 11.6. The summed E-state index contributed by atoms with van der Waals surface area (Å²) in [7, 11) is 1.72. The third-order valence-corrected chi connectivity index (χ3v) is 4.54. The Balaban J connectivity index is 1.94. The Morgan fingerprint density at radius 1 is 1.12 bits per heavy atom. The maximum absolute atomic E-state index is 13.2. The summed E-state index contributed by atoms with van der Waals surface area (Å²) in [5, 5.41) is 11.4. The lowest BCUT2D eigenvalue weighted by Crippen LogP contribution is -2.48. The zero-order chi connectivity index (χ0) is 17.0. The van der Waals surface area contributed by atoms with Crippen LogP contribution in [0, 0.1) is 0 Å². The van der Waals surface area contributed by atoms with Crippen molar-refractivity contribution in [1.82, 2.24) is 4.90 Å². The molecule has 2 aromatic rings. The molecule has 0 saturated carbocycles. The first-order valence-electron chi connectivity index (χ1n) is 8.33. The number of carbonyl (C=O) groups is 1. The Kier molecular flexibility index (Phi) is 4.97. The Labute approximate surface area is 142 Å². The molecule has 1 N–H and O–H groups in total. The smallest absolute Gasteiger partial charge is 0.263 e. The minimum atomic E-state index is -1.70. The van der Waals surface area contributed by atoms with Crippen LogP contribution in [0.15, 0.2) is 60.7 Å². The highest BCUT2D eigenvalue weighted by atomic mass is 16.5. The molecule has 0 bridgehead atoms. The van der Waals surface area contributed by atoms with Gasteiger partial charge in [0.15, 0.2) is 5.60 Å². The van der Waals surface area contributed by atoms with E-state index in [2.05, 4.69) is 0 Å². The average Bonchev–Trinajstić information content (AvgIpc) is 3.15. The normalized spacial score (nSPS) is 17.7. The molecule has 4 heteroatoms. The maximum Gasteiger partial charge on any atom is 0.263 e. The van der Waals surface area contributed by atoms with Gasteiger partial charge in [-0.1, -0.05) is 60.7 Å². The fourth-order valence-corrected chi connectivity index (χ4v) is 3.23. The van der Waals surface area contributed by atoms with E-state index in [1.54, 1.807) is 36.2 Å². The SMILES string of the molecule is CN(CC1CCCO1)C(=O)C(O)(c1ccccc1)c1ccccc1. The van der Waals surface area contributed by atoms with Crippen LogP contribution in [0.1, 0.15) is 24.0 Å². The zero-order valence-corrected chi connectivity index (χ0v) is 13.9. The van der Waals surface area contributed by atoms with Gasteiger partial charge in [0, 0.05) is 20.2 Å². The molecule has 4 nitrogen and oxygen atoms in total. The van der Waals surface area contributed by atoms with Crippen molar-refractivity contribution < 1.29 is 14.6 Å². The maximum atomic E-state index is 13.2. The topological polar surface area (TPSA) is 49.8 Å². The van der Waals surface area contributed by atoms with Crippen LogP contribution in [0.3, 0.4) is 0 Å². The molecule has 1 aliphatic rings. The van der Waals surface area contributed by atoms with Crippen LogP contribution in [0.25, 0.3) is 0 Å². The molecule has 1 aliphatic heterocycles. The second-order valence-corrected chi connectivity index (χ2v) is 6.26. The summed E-state index contributed by atoms with van der Waals surface area (Å²) in [5.41, 5.74) is -0.559. The molecule has 0 spiro atoms. The molecule has 3 rings (SSSR count). The second-order valence-electron chi connectivity index (χ2n) is 6.26. The van der Waals surface area contributed by atoms with Crippen molar-refractivity contribution in [1.29, 1.82) is 0 Å². The molecule has 24 heavy (non-hydrogen) atoms. The van der Waals surface area contributed by atoms with E-state index in [1.807, 2.05) is 36.4 Å². The van der Waals surface area contributed by atoms with Crippen molar-refractivity contribution in [2.75, 3.05) is 20.2 Å². The molecule has 1 fully saturated rings. The lowest BCUT2D eigenvalue weighted by Gasteiger charge is -2.33. The summed E-state index contributed by atoms with van der Waals surface area (Å²) < 4.78 is 5.62. The minimum absolute atomic E-state index is 0.0507. The largest absolute Gasteiger partial charge is 0.376 e. The van der Waals surface area contributed by atoms with Gasteiger partial charge >= 0.3 is 0 Å². The van der Waals surface area contributed by atoms with Crippen LogP contribution in [0.5, 0.6) is 0 Å². The van der Waals surface area contributed by atoms with Gasteiger partial charge < -0.3 is 14.7 Å². The summed E-state index contributed by atoms with van der Waals surface area (Å²) in [4.78, 5) is 14.8. The number of ether oxygens (including phenoxy) is 1. The minimum Gasteiger partial charge on any atom is -0.376 e. The number of rotatable bonds is 5. The van der Waals surface area contributed by atoms with Crippen LogP contribution < -0.4 is 0 Å². The van der Waals surface area contributed by atoms with Gasteiger partial charge in [-0.15, -0.1) is 0 Å². The van der Waals surface area contributed by atoms with Gasteiger partial charge in [-0.25, -0.2) is 0 Å². The number of likely N-dealkylation sites (N-methyl/N-ethyl adjacent to an activating group) is 1. The van der Waals surface area contributed by atoms with E-state index in [1.165, 1.54) is 0 Å². The van der Waals surface area contributed by atoms with Crippen LogP contribution in [-0.2, 0) is 15.1 Å². The summed E-state index contributed by atoms with van der Waals surface area (Å²) in [6.07, 6.45) is 2.02. The van der Waals surface area contributed by atoms with E-state index in [0.29, 0.717) is 17.7 Å². The summed E-state index contributed by atoms with van der Waals surface area (Å²) in [5.74, 6) is -0.338. The third-order valence-electron chi connectivity index (χ3n) is 4.54. The monoisotopic (exact) mass is 325 g/mol. The highest BCUT2D eigenvalue weighted by molar-refractivity contribution is 5.90. The fraction of sp³-hybridized carbons (Fsp3) is 0.350. The average molecular weight is 325 g/mol. The molecule has 0 aromatic heterocycles. The van der Waals surface area contributed by atoms with E-state index >= 15 is 0 Å². The highest BCUT2D eigenvalue weighted by Gasteiger charge is 2.42. The van der Waals surface area contributed by atoms with Gasteiger partial charge in [-0.05, 0) is 24.0 Å². The Hall–Kier alpha value is -2.17. The van der Waals surface area contributed by atoms with Gasteiger partial charge in [0.05, 0.1) is 6.10 Å². The molecule has 1 saturated heterocycles. The second kappa shape index (κ2) is 7.16. The first kappa shape index (κ1) is 16.7. The molecular weight excluding hydrogens is 302 g/mol. The van der Waals surface area contributed by atoms with E-state index < -0.39 is 5.60 Å². The van der Waals surface area contributed by atoms with Gasteiger partial charge in [-0.2, -0.15) is 0 Å². The summed E-state index contributed by atoms with van der Waals surface area (Å²) in [6.45, 7) is 1.23. The number of carbonyl (C=O) groups excluding carboxylic acids is 1. The van der Waals surface area contributed by atoms with E-state index in [-0.39, 0.29) is 12.0 Å². The number of amides is 1. The van der Waals surface area contributed by atoms with E-state index in [0.717, 1.165) is 19.4 Å². The molecule has 1 atom stereocenters. The standard InChI is InChI=1S/C20H23NO3/c1-21(15-18-13-8-14-24-18)19(22)20(23,16-9-4-2-5-10-16)17-11-6-3-7-12-17/h2-7,9-12,18,23H,8,13-15H2,1H3. The number of benzene rings is 2. The molecule has 1 amide bonds. The van der Waals surface area contributed by atoms with Gasteiger partial charge in [0.2, 0.25) is 0 Å². The number of hydrogen-bond donors (Lipinski definition) is 1. The Morgan fingerprint density at radius 3 is 2.12 bits per heavy atom. The Bertz CT molecular complexity index is 626. The van der Waals surface area contributed by atoms with Gasteiger partial charge in [0.1, 0.15) is 0 Å². The summed E-state index contributed by atoms with van der Waals surface area (Å²) >= 11 is 0. The predicted octanol–water partition coefficient (Wildman–Crippen LogP) is 2.56. The van der Waals surface area contributed by atoms with Gasteiger partial charge in [0.25, 0.3) is 5.91 Å². The summed E-state index contributed by atoms with van der Waals surface area (Å²) in [6, 6.07) is 18.2. The van der Waals surface area contributed by atoms with Crippen molar-refractivity contribution in [2.45, 2.75) is 24.5 Å². The lowest BCUT2D eigenvalue weighted by atomic mass is 9.85. The Morgan fingerprint density at radius 2 is 1.67 bits per heavy atom. The third kappa shape index (κ3) is 3.21. The fourth-order valence-electron chi connectivity index (χ4n) is 3.23. The molecule has 2 aromatic carbocycles. The zero-order valence-electron chi connectivity index (χ0n) is 13.9. The van der Waals surface area contributed by atoms with E-state index in [9.17, 15) is 9.90 Å². The molecule has 0 aliphatic carbocycles. The molecule has 0 radical (unpaired) electrons. The number of hydrogen-bond acceptors (Lipinski definition) is 3. The van der Waals surface area contributed by atoms with Crippen molar-refractivity contribution in [3.63, 3.8) is 0 Å². The van der Waals surface area contributed by atoms with E-state index in [4.69, 9.17) is 4.74 Å². The molecule has 1 heterocycles. The van der Waals surface area contributed by atoms with Crippen molar-refractivity contribution in [3.05, 3.63) is 71.8 Å². The number of nitrogens with zero attached hydrogens (tertiary/aromatic N) is 1. The predicted molar refractivity (Wildman–Crippen MR) is 92.5 cm³/mol. The van der Waals surface area contributed by atoms with Crippen LogP contribution in [-0.4, -0.2) is 42.2 Å². The number of aliphatic hydroxyl groups is 1. The molecule has 126 valence electrons. The van der Waals surface area contributed by atoms with Crippen LogP contribution in [0.4, 0.5) is 0 Å². The van der Waals surface area contributed by atoms with Crippen molar-refractivity contribution >= 4 is 5.91 Å². The first-order valence-corrected chi connectivity index (χ1v) is 8.33. The van der Waals surface area contributed by atoms with Gasteiger partial charge in [-0.3, -0.25) is 4.79 Å². The van der Waals surface area contributed by atoms with Crippen LogP contribution >= 0.6 is 0 Å². The quantitative estimate of drug-likeness (QED) is 0.919. The van der Waals surface area contributed by atoms with Crippen LogP contribution in [0.2, 0.25) is 0 Å². The molecular formula is C20H23NO3. The molecule has 1 unspecified atom stereocenters. The van der Waals surface area contributed by atoms with Crippen molar-refractivity contribution in [2.24, 2.45) is 0 Å². The van der Waals surface area contributed by atoms with Crippen molar-refractivity contribution in [3.8, 4) is 0 Å². The highest BCUT2D eigenvalue weighted by Crippen LogP contribution is 2.31.